The van der Waals surface area contributed by atoms with Crippen LogP contribution in [0.15, 0.2) is 12.4 Å². The second kappa shape index (κ2) is 5.31. The molecule has 1 heterocycles. The van der Waals surface area contributed by atoms with E-state index in [-0.39, 0.29) is 6.04 Å². The molecule has 0 aliphatic heterocycles. The number of hydrogen-bond donors (Lipinski definition) is 2. The molecule has 1 aromatic heterocycles. The molecule has 0 spiro atoms. The van der Waals surface area contributed by atoms with Gasteiger partial charge < -0.3 is 10.7 Å². The van der Waals surface area contributed by atoms with Crippen molar-refractivity contribution in [2.45, 2.75) is 51.0 Å². The molecule has 1 atom stereocenters. The monoisotopic (exact) mass is 207 g/mol. The summed E-state index contributed by atoms with van der Waals surface area (Å²) in [7, 11) is 0. The first kappa shape index (κ1) is 10.7. The number of nitrogens with one attached hydrogen (secondary N) is 1. The molecule has 0 amide bonds. The highest BCUT2D eigenvalue weighted by atomic mass is 14.9. The minimum atomic E-state index is 0.275. The smallest absolute Gasteiger partial charge is 0.107 e. The fourth-order valence-electron chi connectivity index (χ4n) is 2.51. The van der Waals surface area contributed by atoms with Crippen molar-refractivity contribution in [3.63, 3.8) is 0 Å². The zero-order chi connectivity index (χ0) is 10.5. The average Bonchev–Trinajstić information content (AvgIpc) is 2.86. The Morgan fingerprint density at radius 2 is 2.27 bits per heavy atom. The maximum Gasteiger partial charge on any atom is 0.107 e. The predicted molar refractivity (Wildman–Crippen MR) is 61.5 cm³/mol. The zero-order valence-electron chi connectivity index (χ0n) is 9.28. The molecule has 3 nitrogen and oxygen atoms in total. The lowest BCUT2D eigenvalue weighted by Crippen LogP contribution is -2.24. The molecule has 0 radical (unpaired) electrons. The van der Waals surface area contributed by atoms with E-state index in [0.717, 1.165) is 24.6 Å². The molecule has 1 aliphatic rings. The quantitative estimate of drug-likeness (QED) is 0.778. The number of rotatable bonds is 5. The molecule has 0 bridgehead atoms. The van der Waals surface area contributed by atoms with Crippen molar-refractivity contribution in [2.24, 2.45) is 11.7 Å². The van der Waals surface area contributed by atoms with E-state index in [1.807, 2.05) is 6.20 Å². The molecule has 1 unspecified atom stereocenters. The fourth-order valence-corrected chi connectivity index (χ4v) is 2.51. The summed E-state index contributed by atoms with van der Waals surface area (Å²) in [6.45, 7) is 0. The Morgan fingerprint density at radius 3 is 2.93 bits per heavy atom. The molecule has 1 aromatic rings. The van der Waals surface area contributed by atoms with Crippen LogP contribution in [0.3, 0.4) is 0 Å². The number of nitrogens with two attached hydrogens (primary N) is 1. The van der Waals surface area contributed by atoms with Crippen molar-refractivity contribution in [3.05, 3.63) is 18.2 Å². The molecule has 84 valence electrons. The standard InChI is InChI=1S/C12H21N3/c13-11(9-12-14-7-8-15-12)6-5-10-3-1-2-4-10/h7-8,10-11H,1-6,9,13H2,(H,14,15). The summed E-state index contributed by atoms with van der Waals surface area (Å²) in [4.78, 5) is 7.31. The summed E-state index contributed by atoms with van der Waals surface area (Å²) in [5.74, 6) is 1.97. The SMILES string of the molecule is NC(CCC1CCCC1)Cc1ncc[nH]1. The summed E-state index contributed by atoms with van der Waals surface area (Å²) >= 11 is 0. The van der Waals surface area contributed by atoms with Crippen LogP contribution in [0.2, 0.25) is 0 Å². The first-order chi connectivity index (χ1) is 7.34. The Kier molecular flexibility index (Phi) is 3.78. The van der Waals surface area contributed by atoms with Gasteiger partial charge in [0, 0.05) is 24.9 Å². The topological polar surface area (TPSA) is 54.7 Å². The summed E-state index contributed by atoms with van der Waals surface area (Å²) in [5.41, 5.74) is 6.08. The van der Waals surface area contributed by atoms with Crippen molar-refractivity contribution in [2.75, 3.05) is 0 Å². The molecule has 15 heavy (non-hydrogen) atoms. The van der Waals surface area contributed by atoms with Gasteiger partial charge in [0.15, 0.2) is 0 Å². The molecule has 0 aromatic carbocycles. The Bertz CT molecular complexity index is 262. The lowest BCUT2D eigenvalue weighted by molar-refractivity contribution is 0.444. The largest absolute Gasteiger partial charge is 0.349 e. The third-order valence-electron chi connectivity index (χ3n) is 3.43. The summed E-state index contributed by atoms with van der Waals surface area (Å²) < 4.78 is 0. The van der Waals surface area contributed by atoms with E-state index in [1.165, 1.54) is 32.1 Å². The van der Waals surface area contributed by atoms with Crippen molar-refractivity contribution in [3.8, 4) is 0 Å². The zero-order valence-corrected chi connectivity index (χ0v) is 9.28. The minimum absolute atomic E-state index is 0.275. The van der Waals surface area contributed by atoms with E-state index in [2.05, 4.69) is 9.97 Å². The van der Waals surface area contributed by atoms with E-state index in [9.17, 15) is 0 Å². The third kappa shape index (κ3) is 3.34. The summed E-state index contributed by atoms with van der Waals surface area (Å²) in [5, 5.41) is 0. The molecule has 1 saturated carbocycles. The van der Waals surface area contributed by atoms with Crippen molar-refractivity contribution >= 4 is 0 Å². The predicted octanol–water partition coefficient (Wildman–Crippen LogP) is 2.25. The van der Waals surface area contributed by atoms with Gasteiger partial charge in [0.25, 0.3) is 0 Å². The van der Waals surface area contributed by atoms with E-state index in [1.54, 1.807) is 6.20 Å². The van der Waals surface area contributed by atoms with Crippen LogP contribution < -0.4 is 5.73 Å². The molecule has 2 rings (SSSR count). The molecule has 0 saturated heterocycles. The lowest BCUT2D eigenvalue weighted by Gasteiger charge is -2.13. The second-order valence-corrected chi connectivity index (χ2v) is 4.73. The number of aromatic nitrogens is 2. The Morgan fingerprint density at radius 1 is 1.47 bits per heavy atom. The Labute approximate surface area is 91.5 Å². The van der Waals surface area contributed by atoms with Gasteiger partial charge in [-0.15, -0.1) is 0 Å². The normalized spacial score (nSPS) is 19.5. The minimum Gasteiger partial charge on any atom is -0.349 e. The van der Waals surface area contributed by atoms with E-state index in [4.69, 9.17) is 5.73 Å². The maximum atomic E-state index is 6.08. The van der Waals surface area contributed by atoms with Crippen LogP contribution in [0.25, 0.3) is 0 Å². The summed E-state index contributed by atoms with van der Waals surface area (Å²) in [6, 6.07) is 0.275. The first-order valence-corrected chi connectivity index (χ1v) is 6.08. The molecule has 1 fully saturated rings. The highest BCUT2D eigenvalue weighted by Crippen LogP contribution is 2.28. The van der Waals surface area contributed by atoms with E-state index < -0.39 is 0 Å². The van der Waals surface area contributed by atoms with Gasteiger partial charge in [0.2, 0.25) is 0 Å². The Balaban J connectivity index is 1.66. The first-order valence-electron chi connectivity index (χ1n) is 6.08. The highest BCUT2D eigenvalue weighted by Gasteiger charge is 2.16. The van der Waals surface area contributed by atoms with E-state index in [0.29, 0.717) is 0 Å². The number of H-pyrrole nitrogens is 1. The van der Waals surface area contributed by atoms with Crippen LogP contribution >= 0.6 is 0 Å². The molecular formula is C12H21N3. The Hall–Kier alpha value is -0.830. The van der Waals surface area contributed by atoms with Crippen molar-refractivity contribution < 1.29 is 0 Å². The van der Waals surface area contributed by atoms with Gasteiger partial charge in [-0.1, -0.05) is 25.7 Å². The van der Waals surface area contributed by atoms with Gasteiger partial charge in [0.05, 0.1) is 0 Å². The van der Waals surface area contributed by atoms with Gasteiger partial charge in [-0.3, -0.25) is 0 Å². The molecular weight excluding hydrogens is 186 g/mol. The summed E-state index contributed by atoms with van der Waals surface area (Å²) in [6.07, 6.45) is 12.7. The number of imidazole rings is 1. The van der Waals surface area contributed by atoms with Gasteiger partial charge >= 0.3 is 0 Å². The lowest BCUT2D eigenvalue weighted by atomic mass is 9.97. The molecule has 3 N–H and O–H groups in total. The van der Waals surface area contributed by atoms with Crippen molar-refractivity contribution in [1.82, 2.24) is 9.97 Å². The number of aromatic amines is 1. The maximum absolute atomic E-state index is 6.08. The van der Waals surface area contributed by atoms with Crippen molar-refractivity contribution in [1.29, 1.82) is 0 Å². The highest BCUT2D eigenvalue weighted by molar-refractivity contribution is 4.90. The van der Waals surface area contributed by atoms with Gasteiger partial charge in [-0.05, 0) is 18.8 Å². The van der Waals surface area contributed by atoms with Crippen LogP contribution in [0.4, 0.5) is 0 Å². The van der Waals surface area contributed by atoms with Gasteiger partial charge in [-0.2, -0.15) is 0 Å². The average molecular weight is 207 g/mol. The van der Waals surface area contributed by atoms with E-state index >= 15 is 0 Å². The van der Waals surface area contributed by atoms with Crippen LogP contribution in [0.5, 0.6) is 0 Å². The number of nitrogens with zero attached hydrogens (tertiary/aromatic N) is 1. The fraction of sp³-hybridized carbons (Fsp3) is 0.750. The van der Waals surface area contributed by atoms with Crippen LogP contribution in [0.1, 0.15) is 44.3 Å². The molecule has 1 aliphatic carbocycles. The third-order valence-corrected chi connectivity index (χ3v) is 3.43. The number of hydrogen-bond acceptors (Lipinski definition) is 2. The molecule has 3 heteroatoms. The van der Waals surface area contributed by atoms with Gasteiger partial charge in [-0.25, -0.2) is 4.98 Å². The van der Waals surface area contributed by atoms with Crippen LogP contribution in [0, 0.1) is 5.92 Å². The van der Waals surface area contributed by atoms with Crippen LogP contribution in [-0.2, 0) is 6.42 Å². The van der Waals surface area contributed by atoms with Crippen LogP contribution in [-0.4, -0.2) is 16.0 Å². The van der Waals surface area contributed by atoms with Gasteiger partial charge in [0.1, 0.15) is 5.82 Å². The second-order valence-electron chi connectivity index (χ2n) is 4.73.